The summed E-state index contributed by atoms with van der Waals surface area (Å²) < 4.78 is 34.3. The number of carbonyl (C=O) groups is 4. The number of ether oxygens (including phenoxy) is 1. The van der Waals surface area contributed by atoms with Crippen LogP contribution in [0.3, 0.4) is 0 Å². The molecule has 2 aromatic carbocycles. The van der Waals surface area contributed by atoms with E-state index >= 15 is 0 Å². The molecule has 0 bridgehead atoms. The number of amides is 4. The summed E-state index contributed by atoms with van der Waals surface area (Å²) in [6.45, 7) is 1.54. The van der Waals surface area contributed by atoms with Gasteiger partial charge in [0.05, 0.1) is 0 Å². The van der Waals surface area contributed by atoms with Gasteiger partial charge in [-0.2, -0.15) is 0 Å². The zero-order chi connectivity index (χ0) is 37.5. The molecule has 54 heavy (non-hydrogen) atoms. The molecule has 4 unspecified atom stereocenters. The summed E-state index contributed by atoms with van der Waals surface area (Å²) in [5, 5.41) is 9.87. The van der Waals surface area contributed by atoms with Crippen molar-refractivity contribution in [3.05, 3.63) is 77.2 Å². The Morgan fingerprint density at radius 2 is 1.67 bits per heavy atom. The summed E-state index contributed by atoms with van der Waals surface area (Å²) in [4.78, 5) is 60.2. The minimum Gasteiger partial charge on any atom is -0.446 e. The number of thiophene rings is 1. The molecule has 3 aromatic rings. The Labute approximate surface area is 319 Å². The number of allylic oxidation sites excluding steroid dienone is 1. The number of hydrogen-bond donors (Lipinski definition) is 3. The van der Waals surface area contributed by atoms with E-state index in [-0.39, 0.29) is 35.2 Å². The number of hydrogen-bond acceptors (Lipinski definition) is 9. The molecule has 3 fully saturated rings. The summed E-state index contributed by atoms with van der Waals surface area (Å²) in [6, 6.07) is 13.5. The molecule has 8 rings (SSSR count). The van der Waals surface area contributed by atoms with Gasteiger partial charge in [0, 0.05) is 31.6 Å². The van der Waals surface area contributed by atoms with Crippen LogP contribution >= 0.6 is 11.3 Å². The van der Waals surface area contributed by atoms with Crippen LogP contribution in [0.5, 0.6) is 0 Å². The monoisotopic (exact) mass is 773 g/mol. The third-order valence-corrected chi connectivity index (χ3v) is 14.6. The second kappa shape index (κ2) is 15.1. The molecule has 4 heterocycles. The first-order chi connectivity index (χ1) is 26.1. The van der Waals surface area contributed by atoms with Gasteiger partial charge in [-0.1, -0.05) is 67.5 Å². The van der Waals surface area contributed by atoms with Crippen LogP contribution < -0.4 is 15.4 Å². The highest BCUT2D eigenvalue weighted by atomic mass is 32.2. The second-order valence-corrected chi connectivity index (χ2v) is 18.3. The standard InChI is InChI=1S/C40H47N5O7S2/c46-36-33-21-30(44-23-27-13-8-11-26-12-9-14-28(24-44)35(26)27)25-45(33)37(47)32(41-39(49)52-31-16-6-7-17-31)18-5-3-1-2-4-15-29-22-40(29,42-36)38(48)43-54(50,51)34-19-10-20-53-34/h4,8-15,19-20,29-33H,1-3,5-7,16-18,21-25H2,(H,41,49)(H,42,46)(H,43,48)/b15-4+/t29?,30-,32?,33?,40?/m1/s1. The van der Waals surface area contributed by atoms with Gasteiger partial charge in [0.1, 0.15) is 27.9 Å². The lowest BCUT2D eigenvalue weighted by Gasteiger charge is -2.34. The maximum atomic E-state index is 14.7. The van der Waals surface area contributed by atoms with Crippen LogP contribution in [0.1, 0.15) is 81.8 Å². The Morgan fingerprint density at radius 1 is 0.926 bits per heavy atom. The smallest absolute Gasteiger partial charge is 0.408 e. The molecule has 1 saturated heterocycles. The molecule has 5 atom stereocenters. The number of carbonyl (C=O) groups excluding carboxylic acids is 4. The zero-order valence-corrected chi connectivity index (χ0v) is 31.8. The fraction of sp³-hybridized carbons (Fsp3) is 0.500. The van der Waals surface area contributed by atoms with E-state index in [2.05, 4.69) is 44.5 Å². The van der Waals surface area contributed by atoms with Crippen molar-refractivity contribution in [1.29, 1.82) is 0 Å². The number of sulfonamides is 1. The minimum atomic E-state index is -4.16. The van der Waals surface area contributed by atoms with Crippen molar-refractivity contribution < 1.29 is 32.3 Å². The molecule has 0 radical (unpaired) electrons. The van der Waals surface area contributed by atoms with E-state index in [9.17, 15) is 27.6 Å². The number of nitrogens with one attached hydrogen (secondary N) is 3. The topological polar surface area (TPSA) is 154 Å². The molecule has 2 aliphatic carbocycles. The molecule has 3 N–H and O–H groups in total. The largest absolute Gasteiger partial charge is 0.446 e. The molecule has 1 aromatic heterocycles. The average Bonchev–Trinajstić information content (AvgIpc) is 3.68. The van der Waals surface area contributed by atoms with E-state index in [1.54, 1.807) is 16.3 Å². The predicted octanol–water partition coefficient (Wildman–Crippen LogP) is 5.12. The van der Waals surface area contributed by atoms with Crippen molar-refractivity contribution in [3.8, 4) is 0 Å². The van der Waals surface area contributed by atoms with E-state index in [4.69, 9.17) is 4.74 Å². The summed E-state index contributed by atoms with van der Waals surface area (Å²) in [7, 11) is -4.16. The maximum absolute atomic E-state index is 14.7. The van der Waals surface area contributed by atoms with E-state index in [0.717, 1.165) is 49.9 Å². The summed E-state index contributed by atoms with van der Waals surface area (Å²) >= 11 is 0.998. The Hall–Kier alpha value is -4.27. The first-order valence-corrected chi connectivity index (χ1v) is 21.6. The third kappa shape index (κ3) is 7.39. The van der Waals surface area contributed by atoms with Crippen molar-refractivity contribution in [2.24, 2.45) is 5.92 Å². The SMILES string of the molecule is O=C(NC1CCCCC/C=C/C2CC2(C(=O)NS(=O)(=O)c2cccs2)NC(=O)C2C[C@@H](N3Cc4cccc5cccc(c45)C3)CN2C1=O)OC1CCCC1. The molecule has 4 amide bonds. The van der Waals surface area contributed by atoms with Crippen molar-refractivity contribution in [2.75, 3.05) is 6.54 Å². The lowest BCUT2D eigenvalue weighted by atomic mass is 9.94. The van der Waals surface area contributed by atoms with Crippen molar-refractivity contribution in [2.45, 2.75) is 118 Å². The van der Waals surface area contributed by atoms with Crippen LogP contribution in [-0.4, -0.2) is 78.3 Å². The lowest BCUT2D eigenvalue weighted by Crippen LogP contribution is -2.58. The molecule has 3 aliphatic heterocycles. The molecule has 286 valence electrons. The van der Waals surface area contributed by atoms with Gasteiger partial charge in [-0.25, -0.2) is 17.9 Å². The van der Waals surface area contributed by atoms with Crippen LogP contribution in [0.2, 0.25) is 0 Å². The molecule has 12 nitrogen and oxygen atoms in total. The first kappa shape index (κ1) is 36.7. The number of benzene rings is 2. The van der Waals surface area contributed by atoms with E-state index < -0.39 is 51.5 Å². The van der Waals surface area contributed by atoms with Crippen LogP contribution in [0.15, 0.2) is 70.3 Å². The Balaban J connectivity index is 1.09. The third-order valence-electron chi connectivity index (χ3n) is 11.9. The molecular formula is C40H47N5O7S2. The minimum absolute atomic E-state index is 0.00247. The van der Waals surface area contributed by atoms with Crippen LogP contribution in [0.25, 0.3) is 10.8 Å². The Bertz CT molecular complexity index is 2020. The van der Waals surface area contributed by atoms with Gasteiger partial charge in [-0.3, -0.25) is 19.3 Å². The quantitative estimate of drug-likeness (QED) is 0.292. The molecule has 2 saturated carbocycles. The van der Waals surface area contributed by atoms with Gasteiger partial charge in [0.2, 0.25) is 11.8 Å². The van der Waals surface area contributed by atoms with Crippen molar-refractivity contribution in [3.63, 3.8) is 0 Å². The Kier molecular flexibility index (Phi) is 10.3. The van der Waals surface area contributed by atoms with Crippen LogP contribution in [0.4, 0.5) is 4.79 Å². The molecule has 14 heteroatoms. The van der Waals surface area contributed by atoms with E-state index in [1.165, 1.54) is 28.0 Å². The maximum Gasteiger partial charge on any atom is 0.408 e. The van der Waals surface area contributed by atoms with Gasteiger partial charge >= 0.3 is 6.09 Å². The van der Waals surface area contributed by atoms with Crippen molar-refractivity contribution >= 4 is 55.9 Å². The highest BCUT2D eigenvalue weighted by molar-refractivity contribution is 7.92. The summed E-state index contributed by atoms with van der Waals surface area (Å²) in [5.74, 6) is -2.09. The fourth-order valence-electron chi connectivity index (χ4n) is 8.89. The Morgan fingerprint density at radius 3 is 2.39 bits per heavy atom. The number of nitrogens with zero attached hydrogens (tertiary/aromatic N) is 2. The molecular weight excluding hydrogens is 727 g/mol. The second-order valence-electron chi connectivity index (χ2n) is 15.4. The normalized spacial score (nSPS) is 28.6. The average molecular weight is 774 g/mol. The molecule has 0 spiro atoms. The fourth-order valence-corrected chi connectivity index (χ4v) is 10.9. The van der Waals surface area contributed by atoms with Crippen molar-refractivity contribution in [1.82, 2.24) is 25.2 Å². The van der Waals surface area contributed by atoms with E-state index in [0.29, 0.717) is 38.8 Å². The van der Waals surface area contributed by atoms with E-state index in [1.807, 2.05) is 24.3 Å². The van der Waals surface area contributed by atoms with Gasteiger partial charge in [0.25, 0.3) is 15.9 Å². The van der Waals surface area contributed by atoms with Crippen LogP contribution in [0, 0.1) is 5.92 Å². The van der Waals surface area contributed by atoms with Gasteiger partial charge in [-0.05, 0) is 91.1 Å². The summed E-state index contributed by atoms with van der Waals surface area (Å²) in [6.07, 6.45) is 10.6. The predicted molar refractivity (Wildman–Crippen MR) is 204 cm³/mol. The van der Waals surface area contributed by atoms with Crippen LogP contribution in [-0.2, 0) is 42.2 Å². The van der Waals surface area contributed by atoms with Gasteiger partial charge in [-0.15, -0.1) is 11.3 Å². The first-order valence-electron chi connectivity index (χ1n) is 19.2. The highest BCUT2D eigenvalue weighted by Crippen LogP contribution is 2.46. The zero-order valence-electron chi connectivity index (χ0n) is 30.2. The number of fused-ring (bicyclic) bond motifs is 2. The van der Waals surface area contributed by atoms with Gasteiger partial charge in [0.15, 0.2) is 0 Å². The highest BCUT2D eigenvalue weighted by Gasteiger charge is 2.62. The molecule has 5 aliphatic rings. The number of alkyl carbamates (subject to hydrolysis) is 1. The number of rotatable bonds is 6. The summed E-state index contributed by atoms with van der Waals surface area (Å²) in [5.41, 5.74) is 0.866. The lowest BCUT2D eigenvalue weighted by molar-refractivity contribution is -0.141. The van der Waals surface area contributed by atoms with Gasteiger partial charge < -0.3 is 20.3 Å².